The Morgan fingerprint density at radius 2 is 1.25 bits per heavy atom. The molecule has 14 heteroatoms. The van der Waals surface area contributed by atoms with Crippen molar-refractivity contribution in [3.63, 3.8) is 0 Å². The summed E-state index contributed by atoms with van der Waals surface area (Å²) < 4.78 is 37.0. The number of aromatic nitrogens is 4. The number of hydrogen-bond acceptors (Lipinski definition) is 6. The van der Waals surface area contributed by atoms with E-state index in [1.54, 1.807) is 40.3 Å². The Bertz CT molecular complexity index is 2530. The molecule has 2 aliphatic carbocycles. The zero-order chi connectivity index (χ0) is 36.1. The summed E-state index contributed by atoms with van der Waals surface area (Å²) in [5.41, 5.74) is 9.34. The Balaban J connectivity index is 0.889. The topological polar surface area (TPSA) is 90.0 Å². The van der Waals surface area contributed by atoms with Crippen molar-refractivity contribution >= 4 is 91.3 Å². The molecule has 0 fully saturated rings. The highest BCUT2D eigenvalue weighted by atomic mass is 35.5. The average molecular weight is 829 g/mol. The highest BCUT2D eigenvalue weighted by molar-refractivity contribution is 7.88. The van der Waals surface area contributed by atoms with Gasteiger partial charge in [0.2, 0.25) is 0 Å². The number of benzene rings is 2. The van der Waals surface area contributed by atoms with Crippen LogP contribution in [0.4, 0.5) is 0 Å². The van der Waals surface area contributed by atoms with Gasteiger partial charge in [-0.15, -0.1) is 22.7 Å². The summed E-state index contributed by atoms with van der Waals surface area (Å²) >= 11 is 28.4. The molecule has 52 heavy (non-hydrogen) atoms. The van der Waals surface area contributed by atoms with E-state index in [1.807, 2.05) is 22.9 Å². The molecule has 0 spiro atoms. The Labute approximate surface area is 329 Å². The molecule has 0 saturated carbocycles. The van der Waals surface area contributed by atoms with Crippen LogP contribution in [0.1, 0.15) is 70.8 Å². The summed E-state index contributed by atoms with van der Waals surface area (Å²) in [6, 6.07) is 14.4. The van der Waals surface area contributed by atoms with Crippen molar-refractivity contribution in [2.24, 2.45) is 0 Å². The molecule has 7 nitrogen and oxygen atoms in total. The first kappa shape index (κ1) is 35.8. The van der Waals surface area contributed by atoms with Crippen LogP contribution < -0.4 is 0 Å². The molecule has 266 valence electrons. The van der Waals surface area contributed by atoms with Crippen molar-refractivity contribution < 1.29 is 13.0 Å². The molecule has 0 amide bonds. The van der Waals surface area contributed by atoms with Crippen molar-refractivity contribution in [2.75, 3.05) is 0 Å². The minimum Gasteiger partial charge on any atom is -0.281 e. The Morgan fingerprint density at radius 3 is 1.79 bits per heavy atom. The van der Waals surface area contributed by atoms with Gasteiger partial charge in [0.1, 0.15) is 4.21 Å². The Hall–Kier alpha value is -3.19. The fourth-order valence-electron chi connectivity index (χ4n) is 6.90. The van der Waals surface area contributed by atoms with Gasteiger partial charge in [0.05, 0.1) is 44.2 Å². The van der Waals surface area contributed by atoms with E-state index < -0.39 is 10.1 Å². The standard InChI is InChI=1S/C38H30Cl4N4O3S3/c39-22-11-13-32(28(41)17-22)45-37-24-15-16-50-34(24)19-25(37)30(43-45)9-7-5-3-1-2-4-6-8-10-31-26-20-35-27(21-36(51-35)52(47,48)49)38(26)46(44-31)33-14-12-23(40)18-29(33)42/h7-18,21H,1-6,19-20H2,(H,47,48,49). The summed E-state index contributed by atoms with van der Waals surface area (Å²) in [5.74, 6) is 0. The third-order valence-electron chi connectivity index (χ3n) is 9.32. The second-order valence-electron chi connectivity index (χ2n) is 12.7. The normalized spacial score (nSPS) is 13.4. The van der Waals surface area contributed by atoms with Crippen LogP contribution in [0, 0.1) is 0 Å². The summed E-state index contributed by atoms with van der Waals surface area (Å²) in [6.45, 7) is 0. The maximum absolute atomic E-state index is 11.9. The van der Waals surface area contributed by atoms with Crippen LogP contribution in [0.3, 0.4) is 0 Å². The van der Waals surface area contributed by atoms with Gasteiger partial charge in [0.15, 0.2) is 0 Å². The van der Waals surface area contributed by atoms with Gasteiger partial charge < -0.3 is 0 Å². The molecular formula is C38H30Cl4N4O3S3. The first-order valence-corrected chi connectivity index (χ1v) is 21.4. The van der Waals surface area contributed by atoms with Crippen LogP contribution in [0.25, 0.3) is 46.0 Å². The lowest BCUT2D eigenvalue weighted by atomic mass is 10.1. The molecule has 0 saturated heterocycles. The largest absolute Gasteiger partial charge is 0.304 e. The van der Waals surface area contributed by atoms with Gasteiger partial charge in [-0.05, 0) is 91.7 Å². The van der Waals surface area contributed by atoms with E-state index in [9.17, 15) is 13.0 Å². The van der Waals surface area contributed by atoms with Crippen molar-refractivity contribution in [1.82, 2.24) is 19.6 Å². The van der Waals surface area contributed by atoms with Gasteiger partial charge in [-0.1, -0.05) is 71.4 Å². The zero-order valence-electron chi connectivity index (χ0n) is 27.5. The van der Waals surface area contributed by atoms with Crippen molar-refractivity contribution in [3.05, 3.63) is 118 Å². The molecule has 6 aromatic rings. The lowest BCUT2D eigenvalue weighted by molar-refractivity contribution is 0.485. The minimum atomic E-state index is -4.32. The SMILES string of the molecule is O=S(=O)(O)c1cc2c(s1)Cc1c(C=CCCCCCCC=Cc3nn(-c4ccc(Cl)cc4Cl)c4c3Cc3sccc3-4)nn(-c3ccc(Cl)cc3Cl)c1-2. The summed E-state index contributed by atoms with van der Waals surface area (Å²) in [6.07, 6.45) is 16.2. The molecule has 4 heterocycles. The molecule has 0 unspecified atom stereocenters. The predicted molar refractivity (Wildman–Crippen MR) is 215 cm³/mol. The number of nitrogens with zero attached hydrogens (tertiary/aromatic N) is 4. The van der Waals surface area contributed by atoms with Gasteiger partial charge >= 0.3 is 10.1 Å². The van der Waals surface area contributed by atoms with E-state index in [1.165, 1.54) is 22.1 Å². The maximum Gasteiger partial charge on any atom is 0.304 e. The fourth-order valence-corrected chi connectivity index (χ4v) is 10.7. The maximum atomic E-state index is 11.9. The molecule has 1 N–H and O–H groups in total. The van der Waals surface area contributed by atoms with Crippen molar-refractivity contribution in [1.29, 1.82) is 0 Å². The fraction of sp³-hybridized carbons (Fsp3) is 0.211. The predicted octanol–water partition coefficient (Wildman–Crippen LogP) is 12.3. The van der Waals surface area contributed by atoms with Gasteiger partial charge in [-0.25, -0.2) is 9.36 Å². The number of thiophene rings is 2. The molecule has 8 rings (SSSR count). The third-order valence-corrected chi connectivity index (χ3v) is 13.8. The first-order chi connectivity index (χ1) is 25.1. The van der Waals surface area contributed by atoms with Crippen molar-refractivity contribution in [3.8, 4) is 33.9 Å². The Morgan fingerprint density at radius 1 is 0.712 bits per heavy atom. The average Bonchev–Trinajstić information content (AvgIpc) is 3.92. The van der Waals surface area contributed by atoms with Crippen LogP contribution in [0.2, 0.25) is 20.1 Å². The molecule has 2 aromatic carbocycles. The van der Waals surface area contributed by atoms with Crippen LogP contribution in [0.15, 0.2) is 70.3 Å². The highest BCUT2D eigenvalue weighted by Crippen LogP contribution is 2.47. The minimum absolute atomic E-state index is 0.0818. The number of allylic oxidation sites excluding steroid dienone is 2. The third kappa shape index (κ3) is 6.84. The van der Waals surface area contributed by atoms with Crippen LogP contribution in [-0.2, 0) is 23.0 Å². The van der Waals surface area contributed by atoms with E-state index >= 15 is 0 Å². The smallest absolute Gasteiger partial charge is 0.281 e. The molecule has 0 atom stereocenters. The second-order valence-corrected chi connectivity index (χ2v) is 18.2. The molecule has 0 bridgehead atoms. The van der Waals surface area contributed by atoms with E-state index in [-0.39, 0.29) is 4.21 Å². The summed E-state index contributed by atoms with van der Waals surface area (Å²) in [7, 11) is -4.32. The first-order valence-electron chi connectivity index (χ1n) is 16.7. The van der Waals surface area contributed by atoms with Gasteiger partial charge in [-0.2, -0.15) is 18.6 Å². The number of halogens is 4. The van der Waals surface area contributed by atoms with E-state index in [0.717, 1.165) is 101 Å². The number of unbranched alkanes of at least 4 members (excludes halogenated alkanes) is 5. The lowest BCUT2D eigenvalue weighted by Crippen LogP contribution is -2.00. The molecule has 4 aromatic heterocycles. The van der Waals surface area contributed by atoms with Crippen LogP contribution in [-0.4, -0.2) is 32.5 Å². The lowest BCUT2D eigenvalue weighted by Gasteiger charge is -2.08. The Kier molecular flexibility index (Phi) is 10.0. The van der Waals surface area contributed by atoms with E-state index in [2.05, 4.69) is 29.7 Å². The van der Waals surface area contributed by atoms with Crippen LogP contribution >= 0.6 is 69.1 Å². The molecule has 0 radical (unpaired) electrons. The second kappa shape index (κ2) is 14.6. The van der Waals surface area contributed by atoms with E-state index in [4.69, 9.17) is 56.6 Å². The summed E-state index contributed by atoms with van der Waals surface area (Å²) in [4.78, 5) is 2.21. The monoisotopic (exact) mass is 826 g/mol. The van der Waals surface area contributed by atoms with Crippen LogP contribution in [0.5, 0.6) is 0 Å². The number of fused-ring (bicyclic) bond motifs is 6. The number of rotatable bonds is 12. The highest BCUT2D eigenvalue weighted by Gasteiger charge is 2.32. The quantitative estimate of drug-likeness (QED) is 0.0978. The molecule has 2 aliphatic rings. The molecular weight excluding hydrogens is 798 g/mol. The number of hydrogen-bond donors (Lipinski definition) is 1. The molecule has 0 aliphatic heterocycles. The van der Waals surface area contributed by atoms with E-state index in [0.29, 0.717) is 32.2 Å². The zero-order valence-corrected chi connectivity index (χ0v) is 32.9. The van der Waals surface area contributed by atoms with Gasteiger partial charge in [0, 0.05) is 54.9 Å². The van der Waals surface area contributed by atoms with Crippen molar-refractivity contribution in [2.45, 2.75) is 55.6 Å². The van der Waals surface area contributed by atoms with Gasteiger partial charge in [0.25, 0.3) is 0 Å². The summed E-state index contributed by atoms with van der Waals surface area (Å²) in [5, 5.41) is 14.1. The van der Waals surface area contributed by atoms with Gasteiger partial charge in [-0.3, -0.25) is 4.55 Å².